The molecular formula is C39H37N7O4Ru+2. The van der Waals surface area contributed by atoms with E-state index < -0.39 is 17.8 Å². The van der Waals surface area contributed by atoms with Crippen LogP contribution in [0.15, 0.2) is 147 Å². The SMILES string of the molecule is Cc1ccncc1.O=C(CCCc1ccncc1)ON1C(=O)CCC1=O.[Ru+2].c1ccc(-c2ccccn2)nc1.c1ccc(-c2ccccn2)nc1. The topological polar surface area (TPSA) is 141 Å². The Morgan fingerprint density at radius 1 is 0.588 bits per heavy atom. The van der Waals surface area contributed by atoms with E-state index in [2.05, 4.69) is 29.9 Å². The Balaban J connectivity index is 0.000000192. The van der Waals surface area contributed by atoms with Crippen LogP contribution in [0.25, 0.3) is 22.8 Å². The summed E-state index contributed by atoms with van der Waals surface area (Å²) in [5, 5.41) is 0.578. The molecule has 0 aliphatic carbocycles. The second-order valence-electron chi connectivity index (χ2n) is 10.6. The minimum Gasteiger partial charge on any atom is -0.330 e. The summed E-state index contributed by atoms with van der Waals surface area (Å²) in [6.45, 7) is 2.04. The fraction of sp³-hybridized carbons (Fsp3) is 0.154. The molecule has 258 valence electrons. The molecule has 6 aromatic rings. The van der Waals surface area contributed by atoms with Crippen molar-refractivity contribution in [1.29, 1.82) is 0 Å². The molecule has 0 bridgehead atoms. The molecule has 0 spiro atoms. The number of nitrogens with zero attached hydrogens (tertiary/aromatic N) is 7. The van der Waals surface area contributed by atoms with Crippen molar-refractivity contribution in [2.75, 3.05) is 0 Å². The third kappa shape index (κ3) is 14.6. The number of carbonyl (C=O) groups excluding carboxylic acids is 3. The normalized spacial score (nSPS) is 11.3. The van der Waals surface area contributed by atoms with Gasteiger partial charge in [-0.3, -0.25) is 39.5 Å². The molecule has 12 heteroatoms. The Morgan fingerprint density at radius 3 is 1.31 bits per heavy atom. The van der Waals surface area contributed by atoms with Crippen LogP contribution < -0.4 is 0 Å². The second kappa shape index (κ2) is 22.7. The van der Waals surface area contributed by atoms with Gasteiger partial charge in [-0.2, -0.15) is 0 Å². The molecule has 7 rings (SSSR count). The molecule has 1 aliphatic rings. The van der Waals surface area contributed by atoms with Crippen molar-refractivity contribution in [2.24, 2.45) is 0 Å². The summed E-state index contributed by atoms with van der Waals surface area (Å²) in [4.78, 5) is 63.2. The van der Waals surface area contributed by atoms with E-state index in [1.54, 1.807) is 49.6 Å². The first-order valence-corrected chi connectivity index (χ1v) is 16.0. The van der Waals surface area contributed by atoms with Crippen LogP contribution in [0.4, 0.5) is 0 Å². The van der Waals surface area contributed by atoms with Gasteiger partial charge in [0, 0.05) is 68.8 Å². The van der Waals surface area contributed by atoms with Gasteiger partial charge in [0.1, 0.15) is 0 Å². The van der Waals surface area contributed by atoms with Crippen molar-refractivity contribution < 1.29 is 38.7 Å². The number of pyridine rings is 6. The Labute approximate surface area is 310 Å². The summed E-state index contributed by atoms with van der Waals surface area (Å²) in [5.41, 5.74) is 6.00. The molecule has 1 aliphatic heterocycles. The van der Waals surface area contributed by atoms with Crippen LogP contribution in [-0.2, 0) is 45.1 Å². The van der Waals surface area contributed by atoms with E-state index >= 15 is 0 Å². The van der Waals surface area contributed by atoms with E-state index in [0.717, 1.165) is 34.8 Å². The Morgan fingerprint density at radius 2 is 0.980 bits per heavy atom. The summed E-state index contributed by atoms with van der Waals surface area (Å²) < 4.78 is 0. The van der Waals surface area contributed by atoms with Gasteiger partial charge >= 0.3 is 25.4 Å². The van der Waals surface area contributed by atoms with Gasteiger partial charge in [-0.05, 0) is 104 Å². The standard InChI is InChI=1S/C13H14N2O4.2C10H8N2.C6H7N.Ru/c16-11-4-5-12(17)15(11)19-13(18)3-1-2-10-6-8-14-9-7-10;2*1-3-7-11-9(5-1)10-6-2-4-8-12-10;1-6-2-4-7-5-3-6;/h6-9H,1-5H2;2*1-8H;2-5H,1H3;/q;;;;+2. The monoisotopic (exact) mass is 769 g/mol. The fourth-order valence-corrected chi connectivity index (χ4v) is 4.28. The molecule has 11 nitrogen and oxygen atoms in total. The summed E-state index contributed by atoms with van der Waals surface area (Å²) in [5.74, 6) is -1.46. The molecule has 1 fully saturated rings. The van der Waals surface area contributed by atoms with E-state index in [9.17, 15) is 14.4 Å². The van der Waals surface area contributed by atoms with Crippen molar-refractivity contribution in [3.8, 4) is 22.8 Å². The molecule has 2 amide bonds. The minimum atomic E-state index is -0.558. The predicted molar refractivity (Wildman–Crippen MR) is 188 cm³/mol. The van der Waals surface area contributed by atoms with Gasteiger partial charge < -0.3 is 4.84 Å². The average molecular weight is 769 g/mol. The molecule has 6 aromatic heterocycles. The Kier molecular flexibility index (Phi) is 17.6. The number of amides is 2. The molecular weight excluding hydrogens is 732 g/mol. The Hall–Kier alpha value is -5.87. The second-order valence-corrected chi connectivity index (χ2v) is 10.6. The van der Waals surface area contributed by atoms with Crippen LogP contribution in [0.2, 0.25) is 0 Å². The summed E-state index contributed by atoms with van der Waals surface area (Å²) in [7, 11) is 0. The number of aromatic nitrogens is 6. The molecule has 0 saturated carbocycles. The van der Waals surface area contributed by atoms with Crippen LogP contribution in [0.5, 0.6) is 0 Å². The molecule has 7 heterocycles. The van der Waals surface area contributed by atoms with Crippen molar-refractivity contribution >= 4 is 17.8 Å². The van der Waals surface area contributed by atoms with E-state index in [-0.39, 0.29) is 38.7 Å². The third-order valence-electron chi connectivity index (χ3n) is 6.83. The van der Waals surface area contributed by atoms with Crippen molar-refractivity contribution in [2.45, 2.75) is 39.0 Å². The molecule has 1 saturated heterocycles. The van der Waals surface area contributed by atoms with Crippen LogP contribution in [-0.4, -0.2) is 52.8 Å². The molecule has 0 radical (unpaired) electrons. The van der Waals surface area contributed by atoms with Gasteiger partial charge in [-0.1, -0.05) is 24.3 Å². The maximum absolute atomic E-state index is 11.5. The molecule has 51 heavy (non-hydrogen) atoms. The van der Waals surface area contributed by atoms with Gasteiger partial charge in [-0.15, -0.1) is 5.06 Å². The average Bonchev–Trinajstić information content (AvgIpc) is 3.50. The number of rotatable bonds is 7. The predicted octanol–water partition coefficient (Wildman–Crippen LogP) is 6.69. The number of imide groups is 1. The van der Waals surface area contributed by atoms with Gasteiger partial charge in [0.05, 0.1) is 22.8 Å². The maximum Gasteiger partial charge on any atom is 2.00 e. The van der Waals surface area contributed by atoms with Crippen LogP contribution in [0.1, 0.15) is 36.8 Å². The van der Waals surface area contributed by atoms with Crippen molar-refractivity contribution in [1.82, 2.24) is 35.0 Å². The van der Waals surface area contributed by atoms with Crippen LogP contribution in [0, 0.1) is 6.92 Å². The smallest absolute Gasteiger partial charge is 0.330 e. The van der Waals surface area contributed by atoms with Crippen LogP contribution in [0.3, 0.4) is 0 Å². The first-order chi connectivity index (χ1) is 24.5. The van der Waals surface area contributed by atoms with E-state index in [0.29, 0.717) is 11.5 Å². The van der Waals surface area contributed by atoms with Crippen molar-refractivity contribution in [3.63, 3.8) is 0 Å². The summed E-state index contributed by atoms with van der Waals surface area (Å²) in [6.07, 6.45) is 15.7. The zero-order valence-corrected chi connectivity index (χ0v) is 29.7. The van der Waals surface area contributed by atoms with Gasteiger partial charge in [0.2, 0.25) is 0 Å². The number of hydrogen-bond donors (Lipinski definition) is 0. The summed E-state index contributed by atoms with van der Waals surface area (Å²) >= 11 is 0. The largest absolute Gasteiger partial charge is 2.00 e. The van der Waals surface area contributed by atoms with Gasteiger partial charge in [-0.25, -0.2) is 4.79 Å². The Bertz CT molecular complexity index is 1690. The van der Waals surface area contributed by atoms with Crippen molar-refractivity contribution in [3.05, 3.63) is 158 Å². The molecule has 0 N–H and O–H groups in total. The number of hydroxylamine groups is 2. The zero-order chi connectivity index (χ0) is 35.2. The molecule has 0 unspecified atom stereocenters. The number of carbonyl (C=O) groups is 3. The van der Waals surface area contributed by atoms with Crippen LogP contribution >= 0.6 is 0 Å². The first-order valence-electron chi connectivity index (χ1n) is 16.0. The molecule has 0 aromatic carbocycles. The van der Waals surface area contributed by atoms with Gasteiger partial charge in [0.25, 0.3) is 11.8 Å². The summed E-state index contributed by atoms with van der Waals surface area (Å²) in [6, 6.07) is 30.9. The minimum absolute atomic E-state index is 0. The first kappa shape index (κ1) is 39.6. The van der Waals surface area contributed by atoms with E-state index in [1.165, 1.54) is 5.56 Å². The van der Waals surface area contributed by atoms with E-state index in [4.69, 9.17) is 4.84 Å². The quantitative estimate of drug-likeness (QED) is 0.128. The zero-order valence-electron chi connectivity index (χ0n) is 28.0. The fourth-order valence-electron chi connectivity index (χ4n) is 4.28. The third-order valence-corrected chi connectivity index (χ3v) is 6.83. The van der Waals surface area contributed by atoms with E-state index in [1.807, 2.05) is 104 Å². The molecule has 0 atom stereocenters. The maximum atomic E-state index is 11.5. The van der Waals surface area contributed by atoms with Gasteiger partial charge in [0.15, 0.2) is 0 Å². The number of hydrogen-bond acceptors (Lipinski definition) is 10. The number of aryl methyl sites for hydroxylation is 2.